The van der Waals surface area contributed by atoms with E-state index < -0.39 is 19.8 Å². The molecule has 0 saturated carbocycles. The van der Waals surface area contributed by atoms with Crippen LogP contribution in [-0.2, 0) is 14.2 Å². The Bertz CT molecular complexity index is 199. The van der Waals surface area contributed by atoms with Gasteiger partial charge in [-0.15, -0.1) is 0 Å². The van der Waals surface area contributed by atoms with E-state index in [2.05, 4.69) is 0 Å². The second kappa shape index (κ2) is 9.85. The van der Waals surface area contributed by atoms with Crippen LogP contribution in [0.5, 0.6) is 0 Å². The van der Waals surface area contributed by atoms with E-state index in [1.165, 1.54) is 0 Å². The Hall–Kier alpha value is 0.310. The van der Waals surface area contributed by atoms with Crippen molar-refractivity contribution in [3.05, 3.63) is 0 Å². The second-order valence-electron chi connectivity index (χ2n) is 1.80. The summed E-state index contributed by atoms with van der Waals surface area (Å²) in [5.74, 6) is -2.15. The molecule has 0 aromatic carbocycles. The van der Waals surface area contributed by atoms with Crippen molar-refractivity contribution >= 4 is 57.5 Å². The summed E-state index contributed by atoms with van der Waals surface area (Å²) in [6.07, 6.45) is -0.593. The zero-order chi connectivity index (χ0) is 11.1. The van der Waals surface area contributed by atoms with E-state index in [1.54, 1.807) is 0 Å². The quantitative estimate of drug-likeness (QED) is 0.290. The number of hydrogen-bond acceptors (Lipinski definition) is 3. The molecule has 10 heteroatoms. The number of carboxylic acids is 2. The van der Waals surface area contributed by atoms with E-state index in [0.717, 1.165) is 0 Å². The van der Waals surface area contributed by atoms with E-state index in [9.17, 15) is 9.59 Å². The Morgan fingerprint density at radius 2 is 1.07 bits per heavy atom. The molecule has 5 N–H and O–H groups in total. The van der Waals surface area contributed by atoms with Gasteiger partial charge >= 0.3 is 57.5 Å². The topological polar surface area (TPSA) is 152 Å². The monoisotopic (exact) mass is 258 g/mol. The van der Waals surface area contributed by atoms with E-state index in [4.69, 9.17) is 29.5 Å². The Balaban J connectivity index is -0.000000177. The molecule has 0 atom stereocenters. The van der Waals surface area contributed by atoms with Crippen LogP contribution in [0, 0.1) is 0 Å². The third-order valence-electron chi connectivity index (χ3n) is 0.553. The number of rotatable bonds is 3. The molecule has 0 aliphatic heterocycles. The SMILES string of the molecule is O=C(O)CCC(=O)O.O=P(O)(O)O.[CaH2]. The second-order valence-corrected chi connectivity index (χ2v) is 2.83. The van der Waals surface area contributed by atoms with Crippen LogP contribution in [0.15, 0.2) is 0 Å². The van der Waals surface area contributed by atoms with Crippen molar-refractivity contribution < 1.29 is 39.0 Å². The van der Waals surface area contributed by atoms with Gasteiger partial charge in [0.2, 0.25) is 0 Å². The molecule has 0 aliphatic carbocycles. The molecular weight excluding hydrogens is 247 g/mol. The molecule has 0 rings (SSSR count). The summed E-state index contributed by atoms with van der Waals surface area (Å²) in [5.41, 5.74) is 0. The van der Waals surface area contributed by atoms with Gasteiger partial charge in [-0.25, -0.2) is 4.57 Å². The van der Waals surface area contributed by atoms with Crippen molar-refractivity contribution in [3.63, 3.8) is 0 Å². The van der Waals surface area contributed by atoms with E-state index >= 15 is 0 Å². The number of aliphatic carboxylic acids is 2. The fraction of sp³-hybridized carbons (Fsp3) is 0.500. The first kappa shape index (κ1) is 19.8. The van der Waals surface area contributed by atoms with E-state index in [0.29, 0.717) is 0 Å². The van der Waals surface area contributed by atoms with Crippen LogP contribution < -0.4 is 0 Å². The van der Waals surface area contributed by atoms with Crippen LogP contribution in [0.4, 0.5) is 0 Å². The van der Waals surface area contributed by atoms with E-state index in [-0.39, 0.29) is 50.6 Å². The number of hydrogen-bond donors (Lipinski definition) is 5. The van der Waals surface area contributed by atoms with Gasteiger partial charge in [0.05, 0.1) is 12.8 Å². The molecule has 0 bridgehead atoms. The predicted molar refractivity (Wildman–Crippen MR) is 47.3 cm³/mol. The Morgan fingerprint density at radius 3 is 1.14 bits per heavy atom. The minimum absolute atomic E-state index is 0. The van der Waals surface area contributed by atoms with Crippen LogP contribution in [0.1, 0.15) is 12.8 Å². The summed E-state index contributed by atoms with van der Waals surface area (Å²) in [6, 6.07) is 0. The standard InChI is InChI=1S/C4H6O4.Ca.H3O4P.2H/c5-3(6)1-2-4(7)8;;1-5(2,3)4;;/h1-2H2,(H,5,6)(H,7,8);;(H3,1,2,3,4);;. The average molecular weight is 258 g/mol. The molecule has 8 nitrogen and oxygen atoms in total. The van der Waals surface area contributed by atoms with Crippen molar-refractivity contribution in [2.75, 3.05) is 0 Å². The number of phosphoric acid groups is 1. The molecule has 0 aliphatic rings. The molecule has 0 fully saturated rings. The van der Waals surface area contributed by atoms with Gasteiger partial charge in [0.15, 0.2) is 0 Å². The van der Waals surface area contributed by atoms with Gasteiger partial charge in [0.25, 0.3) is 0 Å². The van der Waals surface area contributed by atoms with Crippen molar-refractivity contribution in [2.45, 2.75) is 12.8 Å². The third kappa shape index (κ3) is 55.8. The maximum atomic E-state index is 9.64. The van der Waals surface area contributed by atoms with Gasteiger partial charge < -0.3 is 24.9 Å². The molecule has 0 aromatic heterocycles. The van der Waals surface area contributed by atoms with Crippen molar-refractivity contribution in [1.29, 1.82) is 0 Å². The zero-order valence-electron chi connectivity index (χ0n) is 6.32. The first-order valence-corrected chi connectivity index (χ1v) is 4.41. The van der Waals surface area contributed by atoms with Gasteiger partial charge in [0.1, 0.15) is 0 Å². The van der Waals surface area contributed by atoms with Gasteiger partial charge in [0, 0.05) is 0 Å². The van der Waals surface area contributed by atoms with Gasteiger partial charge in [-0.2, -0.15) is 0 Å². The van der Waals surface area contributed by atoms with Crippen LogP contribution in [0.2, 0.25) is 0 Å². The molecule has 0 aromatic rings. The van der Waals surface area contributed by atoms with Crippen LogP contribution >= 0.6 is 7.82 Å². The first-order valence-electron chi connectivity index (χ1n) is 2.85. The zero-order valence-corrected chi connectivity index (χ0v) is 7.22. The van der Waals surface area contributed by atoms with Crippen molar-refractivity contribution in [1.82, 2.24) is 0 Å². The normalized spacial score (nSPS) is 9.07. The fourth-order valence-corrected chi connectivity index (χ4v) is 0.214. The molecule has 14 heavy (non-hydrogen) atoms. The minimum atomic E-state index is -4.64. The third-order valence-corrected chi connectivity index (χ3v) is 0.553. The predicted octanol–water partition coefficient (Wildman–Crippen LogP) is -1.91. The average Bonchev–Trinajstić information content (AvgIpc) is 1.79. The summed E-state index contributed by atoms with van der Waals surface area (Å²) in [7, 11) is -4.64. The Labute approximate surface area is 109 Å². The van der Waals surface area contributed by atoms with Crippen molar-refractivity contribution in [3.8, 4) is 0 Å². The van der Waals surface area contributed by atoms with Crippen LogP contribution in [0.25, 0.3) is 0 Å². The van der Waals surface area contributed by atoms with Gasteiger partial charge in [-0.05, 0) is 0 Å². The van der Waals surface area contributed by atoms with Crippen LogP contribution in [0.3, 0.4) is 0 Å². The molecular formula is C4H11CaO8P. The summed E-state index contributed by atoms with van der Waals surface area (Å²) < 4.78 is 8.88. The Kier molecular flexibility index (Phi) is 13.9. The number of carboxylic acid groups (broad SMARTS) is 2. The maximum absolute atomic E-state index is 9.64. The Morgan fingerprint density at radius 1 is 0.929 bits per heavy atom. The molecule has 0 amide bonds. The molecule has 82 valence electrons. The van der Waals surface area contributed by atoms with Gasteiger partial charge in [-0.3, -0.25) is 9.59 Å². The molecule has 0 saturated heterocycles. The summed E-state index contributed by atoms with van der Waals surface area (Å²) in [5, 5.41) is 15.8. The summed E-state index contributed by atoms with van der Waals surface area (Å²) in [4.78, 5) is 40.8. The molecule has 0 radical (unpaired) electrons. The van der Waals surface area contributed by atoms with E-state index in [1.807, 2.05) is 0 Å². The summed E-state index contributed by atoms with van der Waals surface area (Å²) in [6.45, 7) is 0. The first-order chi connectivity index (χ1) is 5.63. The molecule has 0 unspecified atom stereocenters. The van der Waals surface area contributed by atoms with Gasteiger partial charge in [-0.1, -0.05) is 0 Å². The van der Waals surface area contributed by atoms with Crippen LogP contribution in [-0.4, -0.2) is 74.6 Å². The van der Waals surface area contributed by atoms with Crippen molar-refractivity contribution in [2.24, 2.45) is 0 Å². The molecule has 0 spiro atoms. The number of carbonyl (C=O) groups is 2. The summed E-state index contributed by atoms with van der Waals surface area (Å²) >= 11 is 0. The fourth-order valence-electron chi connectivity index (χ4n) is 0.214. The molecule has 0 heterocycles.